The van der Waals surface area contributed by atoms with E-state index in [0.29, 0.717) is 17.1 Å². The highest BCUT2D eigenvalue weighted by atomic mass is 32.2. The van der Waals surface area contributed by atoms with Crippen molar-refractivity contribution in [1.29, 1.82) is 0 Å². The quantitative estimate of drug-likeness (QED) is 0.783. The summed E-state index contributed by atoms with van der Waals surface area (Å²) in [6.45, 7) is 4.99. The first-order chi connectivity index (χ1) is 11.7. The van der Waals surface area contributed by atoms with Crippen LogP contribution in [0.25, 0.3) is 0 Å². The molecule has 0 radical (unpaired) electrons. The second-order valence-corrected chi connectivity index (χ2v) is 6.77. The third-order valence-electron chi connectivity index (χ3n) is 3.90. The van der Waals surface area contributed by atoms with Crippen molar-refractivity contribution >= 4 is 23.6 Å². The zero-order chi connectivity index (χ0) is 18.6. The van der Waals surface area contributed by atoms with E-state index in [2.05, 4.69) is 10.5 Å². The molecule has 0 bridgehead atoms. The molecule has 0 spiro atoms. The van der Waals surface area contributed by atoms with E-state index in [1.807, 2.05) is 6.92 Å². The Labute approximate surface area is 148 Å². The van der Waals surface area contributed by atoms with Gasteiger partial charge in [0.15, 0.2) is 5.54 Å². The van der Waals surface area contributed by atoms with Crippen LogP contribution >= 0.6 is 11.8 Å². The minimum Gasteiger partial charge on any atom is -0.479 e. The first-order valence-corrected chi connectivity index (χ1v) is 8.69. The van der Waals surface area contributed by atoms with E-state index in [1.165, 1.54) is 30.8 Å². The lowest BCUT2D eigenvalue weighted by Crippen LogP contribution is -2.50. The lowest BCUT2D eigenvalue weighted by Gasteiger charge is -2.26. The molecule has 1 unspecified atom stereocenters. The Morgan fingerprint density at radius 1 is 1.32 bits per heavy atom. The summed E-state index contributed by atoms with van der Waals surface area (Å²) in [6.07, 6.45) is 0. The van der Waals surface area contributed by atoms with Gasteiger partial charge in [0.1, 0.15) is 11.6 Å². The van der Waals surface area contributed by atoms with Crippen LogP contribution in [0.5, 0.6) is 0 Å². The Kier molecular flexibility index (Phi) is 5.84. The van der Waals surface area contributed by atoms with Gasteiger partial charge in [0, 0.05) is 11.3 Å². The summed E-state index contributed by atoms with van der Waals surface area (Å²) in [7, 11) is 0. The fraction of sp³-hybridized carbons (Fsp3) is 0.353. The molecule has 0 aliphatic carbocycles. The standard InChI is InChI=1S/C17H19FN2O4S/c1-10-14(11(2)24-20-10)8-25-9-15(21)19-17(3,16(22)23)12-4-6-13(18)7-5-12/h4-7H,8-9H2,1-3H3,(H,19,21)(H,22,23). The van der Waals surface area contributed by atoms with E-state index in [1.54, 1.807) is 6.92 Å². The van der Waals surface area contributed by atoms with Gasteiger partial charge in [-0.3, -0.25) is 4.79 Å². The molecule has 0 aliphatic heterocycles. The number of hydrogen-bond acceptors (Lipinski definition) is 5. The summed E-state index contributed by atoms with van der Waals surface area (Å²) in [5.41, 5.74) is 0.365. The van der Waals surface area contributed by atoms with Gasteiger partial charge in [0.05, 0.1) is 11.4 Å². The summed E-state index contributed by atoms with van der Waals surface area (Å²) < 4.78 is 18.1. The third-order valence-corrected chi connectivity index (χ3v) is 4.86. The number of benzene rings is 1. The number of aromatic nitrogens is 1. The van der Waals surface area contributed by atoms with Crippen LogP contribution < -0.4 is 5.32 Å². The van der Waals surface area contributed by atoms with Gasteiger partial charge >= 0.3 is 5.97 Å². The second-order valence-electron chi connectivity index (χ2n) is 5.78. The number of thioether (sulfide) groups is 1. The number of nitrogens with one attached hydrogen (secondary N) is 1. The zero-order valence-electron chi connectivity index (χ0n) is 14.1. The predicted octanol–water partition coefficient (Wildman–Crippen LogP) is 2.78. The van der Waals surface area contributed by atoms with Crippen LogP contribution in [0.1, 0.15) is 29.5 Å². The maximum Gasteiger partial charge on any atom is 0.333 e. The van der Waals surface area contributed by atoms with Crippen molar-refractivity contribution in [2.75, 3.05) is 5.75 Å². The van der Waals surface area contributed by atoms with Gasteiger partial charge in [-0.1, -0.05) is 17.3 Å². The average molecular weight is 366 g/mol. The van der Waals surface area contributed by atoms with Gasteiger partial charge in [0.25, 0.3) is 0 Å². The van der Waals surface area contributed by atoms with Crippen LogP contribution in [-0.4, -0.2) is 27.9 Å². The van der Waals surface area contributed by atoms with E-state index in [4.69, 9.17) is 4.52 Å². The number of nitrogens with zero attached hydrogens (tertiary/aromatic N) is 1. The largest absolute Gasteiger partial charge is 0.479 e. The van der Waals surface area contributed by atoms with Gasteiger partial charge in [-0.25, -0.2) is 9.18 Å². The van der Waals surface area contributed by atoms with Gasteiger partial charge in [-0.05, 0) is 38.5 Å². The fourth-order valence-electron chi connectivity index (χ4n) is 2.30. The van der Waals surface area contributed by atoms with Crippen molar-refractivity contribution in [3.8, 4) is 0 Å². The maximum atomic E-state index is 13.1. The Morgan fingerprint density at radius 3 is 2.48 bits per heavy atom. The molecular formula is C17H19FN2O4S. The Morgan fingerprint density at radius 2 is 1.96 bits per heavy atom. The van der Waals surface area contributed by atoms with Crippen LogP contribution in [0.2, 0.25) is 0 Å². The first-order valence-electron chi connectivity index (χ1n) is 7.54. The molecule has 1 atom stereocenters. The van der Waals surface area contributed by atoms with Crippen LogP contribution in [0.3, 0.4) is 0 Å². The summed E-state index contributed by atoms with van der Waals surface area (Å²) in [4.78, 5) is 23.8. The van der Waals surface area contributed by atoms with Crippen molar-refractivity contribution in [2.24, 2.45) is 0 Å². The molecule has 1 aromatic heterocycles. The SMILES string of the molecule is Cc1noc(C)c1CSCC(=O)NC(C)(C(=O)O)c1ccc(F)cc1. The van der Waals surface area contributed by atoms with Gasteiger partial charge < -0.3 is 14.9 Å². The minimum absolute atomic E-state index is 0.0775. The molecule has 0 saturated carbocycles. The van der Waals surface area contributed by atoms with Crippen molar-refractivity contribution in [3.63, 3.8) is 0 Å². The minimum atomic E-state index is -1.63. The lowest BCUT2D eigenvalue weighted by atomic mass is 9.92. The molecule has 0 saturated heterocycles. The second kappa shape index (κ2) is 7.69. The van der Waals surface area contributed by atoms with Crippen LogP contribution in [0.4, 0.5) is 4.39 Å². The van der Waals surface area contributed by atoms with Crippen LogP contribution in [-0.2, 0) is 20.9 Å². The monoisotopic (exact) mass is 366 g/mol. The number of hydrogen-bond donors (Lipinski definition) is 2. The smallest absolute Gasteiger partial charge is 0.333 e. The predicted molar refractivity (Wildman–Crippen MR) is 91.7 cm³/mol. The normalized spacial score (nSPS) is 13.3. The summed E-state index contributed by atoms with van der Waals surface area (Å²) in [6, 6.07) is 5.02. The van der Waals surface area contributed by atoms with E-state index in [9.17, 15) is 19.1 Å². The summed E-state index contributed by atoms with van der Waals surface area (Å²) in [5.74, 6) is -0.803. The van der Waals surface area contributed by atoms with Crippen LogP contribution in [0.15, 0.2) is 28.8 Å². The summed E-state index contributed by atoms with van der Waals surface area (Å²) in [5, 5.41) is 15.9. The highest BCUT2D eigenvalue weighted by molar-refractivity contribution is 7.99. The molecule has 6 nitrogen and oxygen atoms in total. The van der Waals surface area contributed by atoms with Crippen LogP contribution in [0, 0.1) is 19.7 Å². The molecule has 134 valence electrons. The van der Waals surface area contributed by atoms with Gasteiger partial charge in [0.2, 0.25) is 5.91 Å². The molecule has 1 heterocycles. The van der Waals surface area contributed by atoms with Crippen molar-refractivity contribution < 1.29 is 23.6 Å². The number of carbonyl (C=O) groups is 2. The highest BCUT2D eigenvalue weighted by Gasteiger charge is 2.36. The molecule has 1 amide bonds. The fourth-order valence-corrected chi connectivity index (χ4v) is 3.28. The number of aliphatic carboxylic acids is 1. The van der Waals surface area contributed by atoms with Gasteiger partial charge in [-0.2, -0.15) is 0 Å². The molecule has 1 aromatic carbocycles. The highest BCUT2D eigenvalue weighted by Crippen LogP contribution is 2.23. The Bertz CT molecular complexity index is 756. The number of carbonyl (C=O) groups excluding carboxylic acids is 1. The number of carboxylic acids is 1. The van der Waals surface area contributed by atoms with Crippen molar-refractivity contribution in [1.82, 2.24) is 10.5 Å². The van der Waals surface area contributed by atoms with Crippen molar-refractivity contribution in [2.45, 2.75) is 32.1 Å². The summed E-state index contributed by atoms with van der Waals surface area (Å²) >= 11 is 1.33. The third kappa shape index (κ3) is 4.39. The first kappa shape index (κ1) is 19.0. The number of halogens is 1. The molecular weight excluding hydrogens is 347 g/mol. The van der Waals surface area contributed by atoms with E-state index in [0.717, 1.165) is 23.4 Å². The Balaban J connectivity index is 2.01. The van der Waals surface area contributed by atoms with E-state index >= 15 is 0 Å². The lowest BCUT2D eigenvalue weighted by molar-refractivity contribution is -0.147. The van der Waals surface area contributed by atoms with E-state index in [-0.39, 0.29) is 5.75 Å². The molecule has 2 aromatic rings. The molecule has 2 N–H and O–H groups in total. The number of rotatable bonds is 7. The van der Waals surface area contributed by atoms with Crippen molar-refractivity contribution in [3.05, 3.63) is 52.7 Å². The zero-order valence-corrected chi connectivity index (χ0v) is 14.9. The Hall–Kier alpha value is -2.35. The molecule has 0 aliphatic rings. The molecule has 0 fully saturated rings. The number of aryl methyl sites for hydroxylation is 2. The molecule has 8 heteroatoms. The van der Waals surface area contributed by atoms with Gasteiger partial charge in [-0.15, -0.1) is 11.8 Å². The number of amides is 1. The maximum absolute atomic E-state index is 13.1. The topological polar surface area (TPSA) is 92.4 Å². The molecule has 25 heavy (non-hydrogen) atoms. The van der Waals surface area contributed by atoms with E-state index < -0.39 is 23.2 Å². The molecule has 2 rings (SSSR count). The number of carboxylic acid groups (broad SMARTS) is 1. The average Bonchev–Trinajstić information content (AvgIpc) is 2.87.